The molecule has 2 amide bonds. The summed E-state index contributed by atoms with van der Waals surface area (Å²) in [4.78, 5) is 27.0. The Hall–Kier alpha value is -1.95. The van der Waals surface area contributed by atoms with Crippen LogP contribution >= 0.6 is 0 Å². The number of nitrogens with zero attached hydrogens (tertiary/aromatic N) is 2. The van der Waals surface area contributed by atoms with Crippen molar-refractivity contribution in [3.8, 4) is 0 Å². The summed E-state index contributed by atoms with van der Waals surface area (Å²) in [5.74, 6) is -0.531. The predicted molar refractivity (Wildman–Crippen MR) is 79.7 cm³/mol. The number of amides is 2. The fraction of sp³-hybridized carbons (Fsp3) is 0.500. The number of aliphatic hydroxyl groups excluding tert-OH is 1. The zero-order valence-corrected chi connectivity index (χ0v) is 12.7. The molecule has 0 bridgehead atoms. The van der Waals surface area contributed by atoms with Crippen molar-refractivity contribution < 1.29 is 19.1 Å². The molecule has 1 saturated heterocycles. The Morgan fingerprint density at radius 1 is 1.09 bits per heavy atom. The third kappa shape index (κ3) is 4.04. The average molecular weight is 308 g/mol. The van der Waals surface area contributed by atoms with Crippen LogP contribution in [0.25, 0.3) is 0 Å². The highest BCUT2D eigenvalue weighted by molar-refractivity contribution is 5.79. The summed E-state index contributed by atoms with van der Waals surface area (Å²) in [5.41, 5.74) is 0.934. The van der Waals surface area contributed by atoms with Gasteiger partial charge >= 0.3 is 0 Å². The molecule has 2 rings (SSSR count). The van der Waals surface area contributed by atoms with Gasteiger partial charge < -0.3 is 14.9 Å². The highest BCUT2D eigenvalue weighted by Crippen LogP contribution is 2.20. The van der Waals surface area contributed by atoms with E-state index in [9.17, 15) is 14.0 Å². The summed E-state index contributed by atoms with van der Waals surface area (Å²) in [6.45, 7) is 3.33. The largest absolute Gasteiger partial charge is 0.387 e. The number of aliphatic hydroxyl groups is 1. The summed E-state index contributed by atoms with van der Waals surface area (Å²) >= 11 is 0. The van der Waals surface area contributed by atoms with Crippen LogP contribution < -0.4 is 0 Å². The average Bonchev–Trinajstić information content (AvgIpc) is 2.54. The molecule has 1 fully saturated rings. The van der Waals surface area contributed by atoms with E-state index in [4.69, 9.17) is 5.11 Å². The van der Waals surface area contributed by atoms with Gasteiger partial charge in [-0.15, -0.1) is 0 Å². The van der Waals surface area contributed by atoms with E-state index in [2.05, 4.69) is 0 Å². The molecule has 1 atom stereocenters. The van der Waals surface area contributed by atoms with Crippen LogP contribution in [-0.4, -0.2) is 59.5 Å². The van der Waals surface area contributed by atoms with Crippen molar-refractivity contribution in [3.05, 3.63) is 35.6 Å². The minimum absolute atomic E-state index is 0.0187. The molecule has 6 heteroatoms. The maximum atomic E-state index is 12.9. The quantitative estimate of drug-likeness (QED) is 0.902. The normalized spacial score (nSPS) is 16.5. The van der Waals surface area contributed by atoms with Gasteiger partial charge in [-0.3, -0.25) is 9.59 Å². The van der Waals surface area contributed by atoms with Gasteiger partial charge in [-0.05, 0) is 23.6 Å². The molecular formula is C16H21FN2O3. The molecule has 1 aromatic rings. The second kappa shape index (κ2) is 7.35. The van der Waals surface area contributed by atoms with Crippen LogP contribution in [0.5, 0.6) is 0 Å². The maximum absolute atomic E-state index is 12.9. The lowest BCUT2D eigenvalue weighted by Gasteiger charge is -2.35. The third-order valence-electron chi connectivity index (χ3n) is 4.04. The van der Waals surface area contributed by atoms with Crippen LogP contribution in [0.4, 0.5) is 4.39 Å². The first-order valence-corrected chi connectivity index (χ1v) is 7.43. The maximum Gasteiger partial charge on any atom is 0.248 e. The zero-order chi connectivity index (χ0) is 16.1. The van der Waals surface area contributed by atoms with E-state index in [1.807, 2.05) is 6.92 Å². The fourth-order valence-electron chi connectivity index (χ4n) is 2.61. The molecule has 1 unspecified atom stereocenters. The molecular weight excluding hydrogens is 287 g/mol. The fourth-order valence-corrected chi connectivity index (χ4v) is 2.61. The van der Waals surface area contributed by atoms with Gasteiger partial charge in [0.15, 0.2) is 0 Å². The lowest BCUT2D eigenvalue weighted by atomic mass is 9.97. The van der Waals surface area contributed by atoms with Crippen LogP contribution in [0, 0.1) is 5.82 Å². The number of benzene rings is 1. The van der Waals surface area contributed by atoms with Gasteiger partial charge in [-0.2, -0.15) is 0 Å². The Kier molecular flexibility index (Phi) is 5.49. The number of rotatable bonds is 4. The summed E-state index contributed by atoms with van der Waals surface area (Å²) in [7, 11) is 0. The number of hydrogen-bond donors (Lipinski definition) is 1. The van der Waals surface area contributed by atoms with E-state index in [1.165, 1.54) is 12.1 Å². The Morgan fingerprint density at radius 2 is 1.59 bits per heavy atom. The van der Waals surface area contributed by atoms with Crippen molar-refractivity contribution in [1.82, 2.24) is 9.80 Å². The Balaban J connectivity index is 1.85. The molecule has 1 aromatic carbocycles. The Morgan fingerprint density at radius 3 is 2.09 bits per heavy atom. The van der Waals surface area contributed by atoms with Gasteiger partial charge in [0.25, 0.3) is 0 Å². The van der Waals surface area contributed by atoms with E-state index in [1.54, 1.807) is 21.9 Å². The smallest absolute Gasteiger partial charge is 0.248 e. The van der Waals surface area contributed by atoms with Gasteiger partial charge in [0.1, 0.15) is 12.4 Å². The molecule has 1 aliphatic heterocycles. The topological polar surface area (TPSA) is 60.9 Å². The van der Waals surface area contributed by atoms with E-state index < -0.39 is 6.61 Å². The predicted octanol–water partition coefficient (Wildman–Crippen LogP) is 0.982. The minimum Gasteiger partial charge on any atom is -0.387 e. The molecule has 1 N–H and O–H groups in total. The van der Waals surface area contributed by atoms with Crippen LogP contribution in [0.1, 0.15) is 24.8 Å². The third-order valence-corrected chi connectivity index (χ3v) is 4.04. The van der Waals surface area contributed by atoms with Gasteiger partial charge in [0.2, 0.25) is 11.8 Å². The molecule has 120 valence electrons. The first kappa shape index (κ1) is 16.4. The Labute approximate surface area is 129 Å². The number of halogens is 1. The van der Waals surface area contributed by atoms with Crippen LogP contribution in [0.2, 0.25) is 0 Å². The summed E-state index contributed by atoms with van der Waals surface area (Å²) in [6, 6.07) is 6.20. The van der Waals surface area contributed by atoms with E-state index >= 15 is 0 Å². The van der Waals surface area contributed by atoms with Crippen molar-refractivity contribution >= 4 is 11.8 Å². The monoisotopic (exact) mass is 308 g/mol. The van der Waals surface area contributed by atoms with Gasteiger partial charge in [-0.25, -0.2) is 4.39 Å². The van der Waals surface area contributed by atoms with E-state index in [-0.39, 0.29) is 23.5 Å². The lowest BCUT2D eigenvalue weighted by Crippen LogP contribution is -2.51. The first-order valence-electron chi connectivity index (χ1n) is 7.43. The van der Waals surface area contributed by atoms with Gasteiger partial charge in [0.05, 0.1) is 0 Å². The molecule has 22 heavy (non-hydrogen) atoms. The van der Waals surface area contributed by atoms with Crippen LogP contribution in [0.3, 0.4) is 0 Å². The van der Waals surface area contributed by atoms with Crippen molar-refractivity contribution in [2.24, 2.45) is 0 Å². The number of piperazine rings is 1. The lowest BCUT2D eigenvalue weighted by molar-refractivity contribution is -0.141. The van der Waals surface area contributed by atoms with Crippen molar-refractivity contribution in [1.29, 1.82) is 0 Å². The second-order valence-corrected chi connectivity index (χ2v) is 5.58. The van der Waals surface area contributed by atoms with Crippen molar-refractivity contribution in [2.75, 3.05) is 32.8 Å². The highest BCUT2D eigenvalue weighted by Gasteiger charge is 2.24. The van der Waals surface area contributed by atoms with Crippen LogP contribution in [0.15, 0.2) is 24.3 Å². The molecule has 0 aliphatic carbocycles. The first-order chi connectivity index (χ1) is 10.5. The summed E-state index contributed by atoms with van der Waals surface area (Å²) < 4.78 is 12.9. The molecule has 0 spiro atoms. The van der Waals surface area contributed by atoms with Crippen molar-refractivity contribution in [3.63, 3.8) is 0 Å². The molecule has 0 aromatic heterocycles. The van der Waals surface area contributed by atoms with Gasteiger partial charge in [-0.1, -0.05) is 19.1 Å². The molecule has 0 saturated carbocycles. The van der Waals surface area contributed by atoms with Crippen molar-refractivity contribution in [2.45, 2.75) is 19.3 Å². The van der Waals surface area contributed by atoms with Crippen LogP contribution in [-0.2, 0) is 9.59 Å². The molecule has 1 heterocycles. The summed E-state index contributed by atoms with van der Waals surface area (Å²) in [6.07, 6.45) is 0.361. The number of carbonyl (C=O) groups excluding carboxylic acids is 2. The molecule has 1 aliphatic rings. The number of hydrogen-bond acceptors (Lipinski definition) is 3. The standard InChI is InChI=1S/C16H21FN2O3/c1-12(13-2-4-14(17)5-3-13)10-15(21)18-6-8-19(9-7-18)16(22)11-20/h2-5,12,20H,6-11H2,1H3. The Bertz CT molecular complexity index is 525. The SMILES string of the molecule is CC(CC(=O)N1CCN(C(=O)CO)CC1)c1ccc(F)cc1. The zero-order valence-electron chi connectivity index (χ0n) is 12.7. The minimum atomic E-state index is -0.491. The molecule has 5 nitrogen and oxygen atoms in total. The number of carbonyl (C=O) groups is 2. The van der Waals surface area contributed by atoms with Gasteiger partial charge in [0, 0.05) is 32.6 Å². The second-order valence-electron chi connectivity index (χ2n) is 5.58. The molecule has 0 radical (unpaired) electrons. The highest BCUT2D eigenvalue weighted by atomic mass is 19.1. The summed E-state index contributed by atoms with van der Waals surface area (Å²) in [5, 5.41) is 8.83. The van der Waals surface area contributed by atoms with E-state index in [0.717, 1.165) is 5.56 Å². The van der Waals surface area contributed by atoms with E-state index in [0.29, 0.717) is 32.6 Å².